The van der Waals surface area contributed by atoms with E-state index in [1.165, 1.54) is 23.3 Å². The van der Waals surface area contributed by atoms with Crippen LogP contribution in [-0.2, 0) is 6.42 Å². The molecule has 5 heteroatoms. The lowest BCUT2D eigenvalue weighted by atomic mass is 9.75. The van der Waals surface area contributed by atoms with Gasteiger partial charge in [0.2, 0.25) is 0 Å². The smallest absolute Gasteiger partial charge is 0.131 e. The molecule has 3 aromatic rings. The van der Waals surface area contributed by atoms with Gasteiger partial charge in [0, 0.05) is 28.8 Å². The maximum Gasteiger partial charge on any atom is 0.131 e. The molecule has 0 amide bonds. The fourth-order valence-corrected chi connectivity index (χ4v) is 4.79. The van der Waals surface area contributed by atoms with Crippen LogP contribution in [0.1, 0.15) is 39.8 Å². The summed E-state index contributed by atoms with van der Waals surface area (Å²) in [5.41, 5.74) is 11.3. The van der Waals surface area contributed by atoms with Crippen LogP contribution in [0.2, 0.25) is 0 Å². The summed E-state index contributed by atoms with van der Waals surface area (Å²) in [6, 6.07) is 17.5. The highest BCUT2D eigenvalue weighted by Gasteiger charge is 2.44. The minimum Gasteiger partial charge on any atom is -0.384 e. The number of nitrogens with one attached hydrogen (secondary N) is 2. The van der Waals surface area contributed by atoms with E-state index < -0.39 is 11.6 Å². The predicted octanol–water partition coefficient (Wildman–Crippen LogP) is 4.72. The van der Waals surface area contributed by atoms with Crippen molar-refractivity contribution in [1.29, 1.82) is 5.41 Å². The van der Waals surface area contributed by atoms with Crippen LogP contribution in [0.4, 0.5) is 14.5 Å². The van der Waals surface area contributed by atoms with Crippen molar-refractivity contribution >= 4 is 11.5 Å². The molecule has 0 radical (unpaired) electrons. The molecule has 1 aliphatic carbocycles. The van der Waals surface area contributed by atoms with Crippen LogP contribution in [0.15, 0.2) is 60.7 Å². The lowest BCUT2D eigenvalue weighted by Crippen LogP contribution is -2.31. The molecule has 3 nitrogen and oxygen atoms in total. The molecule has 1 aliphatic heterocycles. The van der Waals surface area contributed by atoms with Gasteiger partial charge in [-0.05, 0) is 53.3 Å². The second-order valence-electron chi connectivity index (χ2n) is 7.55. The van der Waals surface area contributed by atoms with E-state index in [1.807, 2.05) is 24.3 Å². The van der Waals surface area contributed by atoms with E-state index in [-0.39, 0.29) is 23.7 Å². The average molecular weight is 375 g/mol. The Morgan fingerprint density at radius 1 is 0.964 bits per heavy atom. The Balaban J connectivity index is 1.70. The fourth-order valence-electron chi connectivity index (χ4n) is 4.79. The normalized spacial score (nSPS) is 22.0. The summed E-state index contributed by atoms with van der Waals surface area (Å²) in [5.74, 6) is -0.920. The zero-order chi connectivity index (χ0) is 19.4. The van der Waals surface area contributed by atoms with Crippen LogP contribution >= 0.6 is 0 Å². The second kappa shape index (κ2) is 6.16. The van der Waals surface area contributed by atoms with Crippen molar-refractivity contribution in [2.45, 2.75) is 18.4 Å². The summed E-state index contributed by atoms with van der Waals surface area (Å²) >= 11 is 0. The van der Waals surface area contributed by atoms with Crippen molar-refractivity contribution in [2.24, 2.45) is 11.7 Å². The van der Waals surface area contributed by atoms with Gasteiger partial charge in [-0.25, -0.2) is 8.78 Å². The number of fused-ring (bicyclic) bond motifs is 5. The van der Waals surface area contributed by atoms with Crippen molar-refractivity contribution in [3.63, 3.8) is 0 Å². The van der Waals surface area contributed by atoms with E-state index in [2.05, 4.69) is 17.4 Å². The molecule has 0 saturated heterocycles. The maximum atomic E-state index is 14.6. The van der Waals surface area contributed by atoms with E-state index in [1.54, 1.807) is 6.07 Å². The topological polar surface area (TPSA) is 61.9 Å². The Morgan fingerprint density at radius 2 is 1.79 bits per heavy atom. The number of benzene rings is 3. The maximum absolute atomic E-state index is 14.6. The SMILES string of the molecule is N=C(N)c1ccc2c(c1)C1c3ccccc3CC1C(c1ccc(F)cc1F)N2. The number of hydrogen-bond donors (Lipinski definition) is 3. The molecule has 0 spiro atoms. The molecule has 3 unspecified atom stereocenters. The number of anilines is 1. The van der Waals surface area contributed by atoms with Crippen LogP contribution in [0.5, 0.6) is 0 Å². The molecular weight excluding hydrogens is 356 g/mol. The van der Waals surface area contributed by atoms with Gasteiger partial charge < -0.3 is 11.1 Å². The van der Waals surface area contributed by atoms with Crippen molar-refractivity contribution in [1.82, 2.24) is 0 Å². The highest BCUT2D eigenvalue weighted by atomic mass is 19.1. The predicted molar refractivity (Wildman–Crippen MR) is 106 cm³/mol. The molecule has 0 aromatic heterocycles. The molecule has 0 saturated carbocycles. The average Bonchev–Trinajstić information content (AvgIpc) is 3.07. The van der Waals surface area contributed by atoms with Gasteiger partial charge in [-0.3, -0.25) is 5.41 Å². The lowest BCUT2D eigenvalue weighted by Gasteiger charge is -2.38. The minimum atomic E-state index is -0.574. The molecule has 140 valence electrons. The monoisotopic (exact) mass is 375 g/mol. The molecule has 3 aromatic carbocycles. The van der Waals surface area contributed by atoms with Crippen LogP contribution in [0.25, 0.3) is 0 Å². The molecule has 0 fully saturated rings. The Morgan fingerprint density at radius 3 is 2.57 bits per heavy atom. The Bertz CT molecular complexity index is 1110. The van der Waals surface area contributed by atoms with Gasteiger partial charge in [-0.15, -0.1) is 0 Å². The largest absolute Gasteiger partial charge is 0.384 e. The molecule has 5 rings (SSSR count). The molecule has 2 aliphatic rings. The second-order valence-corrected chi connectivity index (χ2v) is 7.55. The third kappa shape index (κ3) is 2.50. The Kier molecular flexibility index (Phi) is 3.72. The highest BCUT2D eigenvalue weighted by molar-refractivity contribution is 5.95. The van der Waals surface area contributed by atoms with Gasteiger partial charge in [0.25, 0.3) is 0 Å². The number of rotatable bonds is 2. The van der Waals surface area contributed by atoms with E-state index >= 15 is 0 Å². The molecule has 3 atom stereocenters. The van der Waals surface area contributed by atoms with Gasteiger partial charge in [-0.1, -0.05) is 30.3 Å². The number of halogens is 2. The lowest BCUT2D eigenvalue weighted by molar-refractivity contribution is 0.408. The van der Waals surface area contributed by atoms with Gasteiger partial charge in [0.05, 0.1) is 6.04 Å². The van der Waals surface area contributed by atoms with Crippen molar-refractivity contribution in [3.05, 3.63) is 100 Å². The number of nitrogen functional groups attached to an aromatic ring is 1. The quantitative estimate of drug-likeness (QED) is 0.448. The molecule has 4 N–H and O–H groups in total. The zero-order valence-corrected chi connectivity index (χ0v) is 15.0. The Labute approximate surface area is 161 Å². The number of amidine groups is 1. The van der Waals surface area contributed by atoms with Gasteiger partial charge in [-0.2, -0.15) is 0 Å². The van der Waals surface area contributed by atoms with Gasteiger partial charge >= 0.3 is 0 Å². The minimum absolute atomic E-state index is 0.0253. The van der Waals surface area contributed by atoms with Crippen molar-refractivity contribution in [3.8, 4) is 0 Å². The third-order valence-corrected chi connectivity index (χ3v) is 6.01. The number of nitrogens with two attached hydrogens (primary N) is 1. The first-order valence-electron chi connectivity index (χ1n) is 9.30. The highest BCUT2D eigenvalue weighted by Crippen LogP contribution is 2.54. The van der Waals surface area contributed by atoms with E-state index in [0.29, 0.717) is 11.1 Å². The molecule has 0 bridgehead atoms. The standard InChI is InChI=1S/C23H19F2N3/c24-14-6-7-16(19(25)11-14)22-18-9-12-3-1-2-4-15(12)21(18)17-10-13(23(26)27)5-8-20(17)28-22/h1-8,10-11,18,21-22,28H,9H2,(H3,26,27). The molecule has 28 heavy (non-hydrogen) atoms. The molecule has 1 heterocycles. The van der Waals surface area contributed by atoms with Crippen molar-refractivity contribution < 1.29 is 8.78 Å². The fraction of sp³-hybridized carbons (Fsp3) is 0.174. The summed E-state index contributed by atoms with van der Waals surface area (Å²) in [7, 11) is 0. The first-order chi connectivity index (χ1) is 13.5. The first kappa shape index (κ1) is 16.9. The van der Waals surface area contributed by atoms with E-state index in [4.69, 9.17) is 11.1 Å². The zero-order valence-electron chi connectivity index (χ0n) is 15.0. The van der Waals surface area contributed by atoms with Crippen LogP contribution in [-0.4, -0.2) is 5.84 Å². The molecular formula is C23H19F2N3. The Hall–Kier alpha value is -3.21. The third-order valence-electron chi connectivity index (χ3n) is 6.01. The number of hydrogen-bond acceptors (Lipinski definition) is 2. The summed E-state index contributed by atoms with van der Waals surface area (Å²) in [6.45, 7) is 0. The van der Waals surface area contributed by atoms with E-state index in [0.717, 1.165) is 23.7 Å². The van der Waals surface area contributed by atoms with E-state index in [9.17, 15) is 8.78 Å². The van der Waals surface area contributed by atoms with Gasteiger partial charge in [0.15, 0.2) is 0 Å². The van der Waals surface area contributed by atoms with Crippen LogP contribution in [0.3, 0.4) is 0 Å². The van der Waals surface area contributed by atoms with Crippen LogP contribution in [0, 0.1) is 23.0 Å². The van der Waals surface area contributed by atoms with Crippen LogP contribution < -0.4 is 11.1 Å². The van der Waals surface area contributed by atoms with Gasteiger partial charge in [0.1, 0.15) is 17.5 Å². The summed E-state index contributed by atoms with van der Waals surface area (Å²) < 4.78 is 28.1. The summed E-state index contributed by atoms with van der Waals surface area (Å²) in [5, 5.41) is 11.3. The summed E-state index contributed by atoms with van der Waals surface area (Å²) in [4.78, 5) is 0. The first-order valence-corrected chi connectivity index (χ1v) is 9.30. The van der Waals surface area contributed by atoms with Crippen molar-refractivity contribution in [2.75, 3.05) is 5.32 Å². The summed E-state index contributed by atoms with van der Waals surface area (Å²) in [6.07, 6.45) is 0.805.